The first-order valence-corrected chi connectivity index (χ1v) is 7.64. The van der Waals surface area contributed by atoms with Crippen LogP contribution in [0.1, 0.15) is 29.8 Å². The predicted octanol–water partition coefficient (Wildman–Crippen LogP) is 2.18. The van der Waals surface area contributed by atoms with Crippen molar-refractivity contribution in [3.63, 3.8) is 0 Å². The Morgan fingerprint density at radius 2 is 1.90 bits per heavy atom. The van der Waals surface area contributed by atoms with Gasteiger partial charge in [-0.25, -0.2) is 0 Å². The Hall–Kier alpha value is -1.10. The molecule has 1 aliphatic rings. The number of hydrogen-bond donors (Lipinski definition) is 1. The molecular weight excluding hydrogens is 288 g/mol. The maximum absolute atomic E-state index is 12.5. The molecule has 1 saturated heterocycles. The van der Waals surface area contributed by atoms with Crippen LogP contribution in [0.3, 0.4) is 0 Å². The summed E-state index contributed by atoms with van der Waals surface area (Å²) in [5.74, 6) is 0.0276. The van der Waals surface area contributed by atoms with Gasteiger partial charge in [-0.15, -0.1) is 0 Å². The van der Waals surface area contributed by atoms with Gasteiger partial charge in [0.1, 0.15) is 0 Å². The fourth-order valence-electron chi connectivity index (χ4n) is 2.56. The van der Waals surface area contributed by atoms with E-state index in [1.807, 2.05) is 24.0 Å². The molecule has 1 amide bonds. The van der Waals surface area contributed by atoms with Gasteiger partial charge in [0.05, 0.1) is 5.60 Å². The largest absolute Gasteiger partial charge is 0.389 e. The highest BCUT2D eigenvalue weighted by atomic mass is 35.5. The third-order valence-electron chi connectivity index (χ3n) is 3.69. The lowest BCUT2D eigenvalue weighted by Crippen LogP contribution is -2.52. The van der Waals surface area contributed by atoms with Gasteiger partial charge in [-0.3, -0.25) is 9.69 Å². The molecule has 0 spiro atoms. The van der Waals surface area contributed by atoms with E-state index in [-0.39, 0.29) is 5.91 Å². The van der Waals surface area contributed by atoms with Gasteiger partial charge in [0.15, 0.2) is 0 Å². The van der Waals surface area contributed by atoms with Crippen molar-refractivity contribution in [3.8, 4) is 0 Å². The number of carbonyl (C=O) groups is 1. The molecule has 1 fully saturated rings. The van der Waals surface area contributed by atoms with Crippen LogP contribution in [0.5, 0.6) is 0 Å². The zero-order valence-corrected chi connectivity index (χ0v) is 13.7. The molecule has 2 rings (SSSR count). The minimum atomic E-state index is -0.698. The van der Waals surface area contributed by atoms with E-state index in [0.717, 1.165) is 18.7 Å². The second kappa shape index (κ2) is 6.34. The van der Waals surface area contributed by atoms with Crippen molar-refractivity contribution >= 4 is 17.5 Å². The number of amides is 1. The molecule has 0 radical (unpaired) electrons. The zero-order chi connectivity index (χ0) is 15.6. The highest BCUT2D eigenvalue weighted by Gasteiger charge is 2.25. The normalized spacial score (nSPS) is 17.1. The van der Waals surface area contributed by atoms with E-state index in [1.165, 1.54) is 0 Å². The number of hydrogen-bond acceptors (Lipinski definition) is 3. The lowest BCUT2D eigenvalue weighted by molar-refractivity contribution is 0.0178. The van der Waals surface area contributed by atoms with Gasteiger partial charge in [0.25, 0.3) is 5.91 Å². The molecule has 1 aromatic carbocycles. The fraction of sp³-hybridized carbons (Fsp3) is 0.562. The van der Waals surface area contributed by atoms with Crippen LogP contribution in [0.4, 0.5) is 0 Å². The van der Waals surface area contributed by atoms with E-state index in [2.05, 4.69) is 4.90 Å². The average molecular weight is 311 g/mol. The van der Waals surface area contributed by atoms with E-state index in [9.17, 15) is 9.90 Å². The van der Waals surface area contributed by atoms with Crippen LogP contribution in [0, 0.1) is 6.92 Å². The maximum atomic E-state index is 12.5. The molecule has 1 heterocycles. The Morgan fingerprint density at radius 3 is 2.43 bits per heavy atom. The van der Waals surface area contributed by atoms with Crippen molar-refractivity contribution in [1.82, 2.24) is 9.80 Å². The van der Waals surface area contributed by atoms with Crippen LogP contribution in [-0.2, 0) is 0 Å². The van der Waals surface area contributed by atoms with E-state index < -0.39 is 5.60 Å². The number of piperazine rings is 1. The number of halogens is 1. The van der Waals surface area contributed by atoms with Crippen molar-refractivity contribution in [2.75, 3.05) is 32.7 Å². The highest BCUT2D eigenvalue weighted by molar-refractivity contribution is 6.31. The molecular formula is C16H23ClN2O2. The van der Waals surface area contributed by atoms with Crippen molar-refractivity contribution in [2.45, 2.75) is 26.4 Å². The average Bonchev–Trinajstić information content (AvgIpc) is 2.40. The summed E-state index contributed by atoms with van der Waals surface area (Å²) >= 11 is 6.09. The molecule has 5 heteroatoms. The molecule has 4 nitrogen and oxygen atoms in total. The van der Waals surface area contributed by atoms with Crippen LogP contribution >= 0.6 is 11.6 Å². The number of β-amino-alcohol motifs (C(OH)–C–C–N with tert-alkyl or cyclic N) is 1. The van der Waals surface area contributed by atoms with Crippen molar-refractivity contribution < 1.29 is 9.90 Å². The Morgan fingerprint density at radius 1 is 1.29 bits per heavy atom. The minimum absolute atomic E-state index is 0.0276. The first-order valence-electron chi connectivity index (χ1n) is 7.26. The second-order valence-electron chi connectivity index (χ2n) is 6.34. The number of nitrogens with zero attached hydrogens (tertiary/aromatic N) is 2. The van der Waals surface area contributed by atoms with Crippen molar-refractivity contribution in [1.29, 1.82) is 0 Å². The highest BCUT2D eigenvalue weighted by Crippen LogP contribution is 2.18. The molecule has 116 valence electrons. The number of rotatable bonds is 3. The van der Waals surface area contributed by atoms with Gasteiger partial charge in [-0.2, -0.15) is 0 Å². The summed E-state index contributed by atoms with van der Waals surface area (Å²) in [4.78, 5) is 16.5. The minimum Gasteiger partial charge on any atom is -0.389 e. The van der Waals surface area contributed by atoms with Crippen LogP contribution in [0.2, 0.25) is 5.02 Å². The Balaban J connectivity index is 1.95. The molecule has 0 aliphatic carbocycles. The lowest BCUT2D eigenvalue weighted by atomic mass is 10.1. The van der Waals surface area contributed by atoms with Gasteiger partial charge in [-0.1, -0.05) is 17.7 Å². The number of carbonyl (C=O) groups excluding carboxylic acids is 1. The van der Waals surface area contributed by atoms with Crippen LogP contribution in [0.15, 0.2) is 18.2 Å². The molecule has 0 unspecified atom stereocenters. The van der Waals surface area contributed by atoms with Gasteiger partial charge in [-0.05, 0) is 38.5 Å². The van der Waals surface area contributed by atoms with Crippen molar-refractivity contribution in [2.24, 2.45) is 0 Å². The van der Waals surface area contributed by atoms with Crippen LogP contribution in [0.25, 0.3) is 0 Å². The van der Waals surface area contributed by atoms with E-state index in [1.54, 1.807) is 19.9 Å². The molecule has 0 saturated carbocycles. The summed E-state index contributed by atoms with van der Waals surface area (Å²) in [5, 5.41) is 10.5. The monoisotopic (exact) mass is 310 g/mol. The molecule has 0 aromatic heterocycles. The van der Waals surface area contributed by atoms with Crippen molar-refractivity contribution in [3.05, 3.63) is 34.3 Å². The number of aryl methyl sites for hydroxylation is 1. The molecule has 21 heavy (non-hydrogen) atoms. The lowest BCUT2D eigenvalue weighted by Gasteiger charge is -2.37. The zero-order valence-electron chi connectivity index (χ0n) is 12.9. The first kappa shape index (κ1) is 16.3. The quantitative estimate of drug-likeness (QED) is 0.930. The number of aliphatic hydroxyl groups is 1. The summed E-state index contributed by atoms with van der Waals surface area (Å²) in [7, 11) is 0. The first-order chi connectivity index (χ1) is 9.76. The van der Waals surface area contributed by atoms with Gasteiger partial charge in [0.2, 0.25) is 0 Å². The SMILES string of the molecule is Cc1ccc(C(=O)N2CCN(CC(C)(C)O)CC2)cc1Cl. The molecule has 1 N–H and O–H groups in total. The molecule has 0 atom stereocenters. The van der Waals surface area contributed by atoms with Crippen LogP contribution < -0.4 is 0 Å². The van der Waals surface area contributed by atoms with E-state index >= 15 is 0 Å². The van der Waals surface area contributed by atoms with Crippen LogP contribution in [-0.4, -0.2) is 59.1 Å². The maximum Gasteiger partial charge on any atom is 0.253 e. The molecule has 1 aliphatic heterocycles. The summed E-state index contributed by atoms with van der Waals surface area (Å²) in [6, 6.07) is 5.44. The number of benzene rings is 1. The fourth-order valence-corrected chi connectivity index (χ4v) is 2.75. The third kappa shape index (κ3) is 4.43. The van der Waals surface area contributed by atoms with Gasteiger partial charge < -0.3 is 10.0 Å². The Labute approximate surface area is 131 Å². The standard InChI is InChI=1S/C16H23ClN2O2/c1-12-4-5-13(10-14(12)17)15(20)19-8-6-18(7-9-19)11-16(2,3)21/h4-5,10,21H,6-9,11H2,1-3H3. The third-order valence-corrected chi connectivity index (χ3v) is 4.10. The van der Waals surface area contributed by atoms with E-state index in [0.29, 0.717) is 30.2 Å². The van der Waals surface area contributed by atoms with Gasteiger partial charge >= 0.3 is 0 Å². The topological polar surface area (TPSA) is 43.8 Å². The predicted molar refractivity (Wildman–Crippen MR) is 84.8 cm³/mol. The Kier molecular flexibility index (Phi) is 4.91. The summed E-state index contributed by atoms with van der Waals surface area (Å²) in [6.45, 7) is 9.10. The Bertz CT molecular complexity index is 517. The smallest absolute Gasteiger partial charge is 0.253 e. The molecule has 0 bridgehead atoms. The van der Waals surface area contributed by atoms with Gasteiger partial charge in [0, 0.05) is 43.3 Å². The second-order valence-corrected chi connectivity index (χ2v) is 6.75. The summed E-state index contributed by atoms with van der Waals surface area (Å²) < 4.78 is 0. The summed E-state index contributed by atoms with van der Waals surface area (Å²) in [6.07, 6.45) is 0. The van der Waals surface area contributed by atoms with E-state index in [4.69, 9.17) is 11.6 Å². The molecule has 1 aromatic rings. The summed E-state index contributed by atoms with van der Waals surface area (Å²) in [5.41, 5.74) is 0.918.